The summed E-state index contributed by atoms with van der Waals surface area (Å²) in [4.78, 5) is 22.9. The number of aryl methyl sites for hydroxylation is 1. The average Bonchev–Trinajstić information content (AvgIpc) is 2.89. The van der Waals surface area contributed by atoms with Crippen molar-refractivity contribution < 1.29 is 4.79 Å². The van der Waals surface area contributed by atoms with Gasteiger partial charge in [-0.1, -0.05) is 84.4 Å². The molecule has 34 heavy (non-hydrogen) atoms. The van der Waals surface area contributed by atoms with E-state index in [9.17, 15) is 4.79 Å². The van der Waals surface area contributed by atoms with Crippen molar-refractivity contribution in [1.82, 2.24) is 14.8 Å². The van der Waals surface area contributed by atoms with Crippen molar-refractivity contribution in [3.8, 4) is 11.3 Å². The van der Waals surface area contributed by atoms with Crippen molar-refractivity contribution >= 4 is 22.9 Å². The molecule has 4 aromatic rings. The topological polar surface area (TPSA) is 36.4 Å². The maximum absolute atomic E-state index is 13.6. The molecular formula is C30H29N3O. The van der Waals surface area contributed by atoms with Crippen LogP contribution in [0.4, 0.5) is 0 Å². The first-order chi connectivity index (χ1) is 16.7. The second kappa shape index (κ2) is 10.0. The first kappa shape index (κ1) is 22.1. The van der Waals surface area contributed by atoms with E-state index < -0.39 is 0 Å². The standard InChI is InChI=1S/C30H29N3O/c1-23-9-7-13-25(21-23)29-22-27(26-14-5-6-15-28(26)31-29)30(34)33-19-17-32(18-20-33)16-8-12-24-10-3-2-4-11-24/h2-15,21-22H,16-20H2,1H3. The molecule has 3 aromatic carbocycles. The summed E-state index contributed by atoms with van der Waals surface area (Å²) in [5.41, 5.74) is 5.86. The SMILES string of the molecule is Cc1cccc(-c2cc(C(=O)N3CCN(CC=Cc4ccccc4)CC3)c3ccccc3n2)c1. The molecule has 1 saturated heterocycles. The lowest BCUT2D eigenvalue weighted by atomic mass is 10.0. The van der Waals surface area contributed by atoms with Gasteiger partial charge in [0.1, 0.15) is 0 Å². The molecule has 1 fully saturated rings. The van der Waals surface area contributed by atoms with Crippen LogP contribution < -0.4 is 0 Å². The van der Waals surface area contributed by atoms with Crippen molar-refractivity contribution in [2.45, 2.75) is 6.92 Å². The minimum Gasteiger partial charge on any atom is -0.336 e. The molecule has 5 rings (SSSR count). The number of fused-ring (bicyclic) bond motifs is 1. The fourth-order valence-corrected chi connectivity index (χ4v) is 4.51. The van der Waals surface area contributed by atoms with Crippen molar-refractivity contribution in [2.24, 2.45) is 0 Å². The number of nitrogens with zero attached hydrogens (tertiary/aromatic N) is 3. The van der Waals surface area contributed by atoms with Crippen LogP contribution in [0.15, 0.2) is 91.0 Å². The van der Waals surface area contributed by atoms with Crippen LogP contribution in [0, 0.1) is 6.92 Å². The third-order valence-electron chi connectivity index (χ3n) is 6.39. The highest BCUT2D eigenvalue weighted by Gasteiger charge is 2.24. The molecule has 0 N–H and O–H groups in total. The highest BCUT2D eigenvalue weighted by molar-refractivity contribution is 6.07. The van der Waals surface area contributed by atoms with Crippen LogP contribution in [0.1, 0.15) is 21.5 Å². The van der Waals surface area contributed by atoms with E-state index in [2.05, 4.69) is 66.4 Å². The number of hydrogen-bond donors (Lipinski definition) is 0. The monoisotopic (exact) mass is 447 g/mol. The van der Waals surface area contributed by atoms with Gasteiger partial charge in [0.05, 0.1) is 16.8 Å². The van der Waals surface area contributed by atoms with Gasteiger partial charge in [-0.15, -0.1) is 0 Å². The van der Waals surface area contributed by atoms with Crippen LogP contribution in [-0.4, -0.2) is 53.4 Å². The molecule has 0 atom stereocenters. The Morgan fingerprint density at radius 3 is 2.44 bits per heavy atom. The number of carbonyl (C=O) groups is 1. The van der Waals surface area contributed by atoms with Gasteiger partial charge in [0.15, 0.2) is 0 Å². The fourth-order valence-electron chi connectivity index (χ4n) is 4.51. The Balaban J connectivity index is 1.32. The minimum atomic E-state index is 0.0898. The Hall–Kier alpha value is -3.76. The number of piperazine rings is 1. The van der Waals surface area contributed by atoms with Gasteiger partial charge in [-0.3, -0.25) is 9.69 Å². The molecule has 0 saturated carbocycles. The average molecular weight is 448 g/mol. The summed E-state index contributed by atoms with van der Waals surface area (Å²) in [7, 11) is 0. The molecule has 2 heterocycles. The molecule has 1 aromatic heterocycles. The summed E-state index contributed by atoms with van der Waals surface area (Å²) in [5.74, 6) is 0.0898. The van der Waals surface area contributed by atoms with Crippen molar-refractivity contribution in [3.63, 3.8) is 0 Å². The molecule has 0 aliphatic carbocycles. The third kappa shape index (κ3) is 4.92. The van der Waals surface area contributed by atoms with E-state index >= 15 is 0 Å². The van der Waals surface area contributed by atoms with E-state index in [0.717, 1.165) is 60.4 Å². The zero-order chi connectivity index (χ0) is 23.3. The van der Waals surface area contributed by atoms with Crippen LogP contribution in [0.2, 0.25) is 0 Å². The minimum absolute atomic E-state index is 0.0898. The lowest BCUT2D eigenvalue weighted by Gasteiger charge is -2.34. The van der Waals surface area contributed by atoms with Crippen molar-refractivity contribution in [2.75, 3.05) is 32.7 Å². The van der Waals surface area contributed by atoms with Gasteiger partial charge >= 0.3 is 0 Å². The normalized spacial score (nSPS) is 14.7. The quantitative estimate of drug-likeness (QED) is 0.395. The number of benzene rings is 3. The van der Waals surface area contributed by atoms with E-state index in [1.165, 1.54) is 11.1 Å². The maximum Gasteiger partial charge on any atom is 0.254 e. The Morgan fingerprint density at radius 1 is 0.882 bits per heavy atom. The largest absolute Gasteiger partial charge is 0.336 e. The summed E-state index contributed by atoms with van der Waals surface area (Å²) in [5, 5.41) is 0.914. The van der Waals surface area contributed by atoms with E-state index in [1.807, 2.05) is 47.4 Å². The van der Waals surface area contributed by atoms with Gasteiger partial charge in [0, 0.05) is 43.7 Å². The number of carbonyl (C=O) groups excluding carboxylic acids is 1. The summed E-state index contributed by atoms with van der Waals surface area (Å²) in [6.45, 7) is 6.18. The molecule has 1 aliphatic heterocycles. The Bertz CT molecular complexity index is 1320. The molecule has 0 radical (unpaired) electrons. The number of pyridine rings is 1. The van der Waals surface area contributed by atoms with Crippen LogP contribution in [0.5, 0.6) is 0 Å². The third-order valence-corrected chi connectivity index (χ3v) is 6.39. The lowest BCUT2D eigenvalue weighted by Crippen LogP contribution is -2.48. The Morgan fingerprint density at radius 2 is 1.65 bits per heavy atom. The summed E-state index contributed by atoms with van der Waals surface area (Å²) in [6.07, 6.45) is 4.37. The molecule has 1 amide bonds. The molecule has 0 spiro atoms. The number of rotatable bonds is 5. The Kier molecular flexibility index (Phi) is 6.50. The zero-order valence-corrected chi connectivity index (χ0v) is 19.5. The molecule has 0 bridgehead atoms. The van der Waals surface area contributed by atoms with Crippen molar-refractivity contribution in [1.29, 1.82) is 0 Å². The van der Waals surface area contributed by atoms with Gasteiger partial charge < -0.3 is 4.90 Å². The summed E-state index contributed by atoms with van der Waals surface area (Å²) < 4.78 is 0. The van der Waals surface area contributed by atoms with Crippen LogP contribution in [0.25, 0.3) is 28.2 Å². The number of aromatic nitrogens is 1. The van der Waals surface area contributed by atoms with E-state index in [4.69, 9.17) is 4.98 Å². The predicted octanol–water partition coefficient (Wildman–Crippen LogP) is 5.68. The van der Waals surface area contributed by atoms with Gasteiger partial charge in [0.25, 0.3) is 5.91 Å². The Labute approximate surface area is 201 Å². The van der Waals surface area contributed by atoms with Gasteiger partial charge in [-0.05, 0) is 30.7 Å². The van der Waals surface area contributed by atoms with Crippen LogP contribution in [0.3, 0.4) is 0 Å². The second-order valence-corrected chi connectivity index (χ2v) is 8.85. The van der Waals surface area contributed by atoms with Crippen LogP contribution in [-0.2, 0) is 0 Å². The molecule has 0 unspecified atom stereocenters. The predicted molar refractivity (Wildman–Crippen MR) is 140 cm³/mol. The zero-order valence-electron chi connectivity index (χ0n) is 19.5. The smallest absolute Gasteiger partial charge is 0.254 e. The molecule has 4 nitrogen and oxygen atoms in total. The van der Waals surface area contributed by atoms with Gasteiger partial charge in [-0.25, -0.2) is 4.98 Å². The number of amides is 1. The van der Waals surface area contributed by atoms with Gasteiger partial charge in [0.2, 0.25) is 0 Å². The van der Waals surface area contributed by atoms with Gasteiger partial charge in [-0.2, -0.15) is 0 Å². The lowest BCUT2D eigenvalue weighted by molar-refractivity contribution is 0.0652. The first-order valence-corrected chi connectivity index (χ1v) is 11.9. The molecular weight excluding hydrogens is 418 g/mol. The van der Waals surface area contributed by atoms with E-state index in [-0.39, 0.29) is 5.91 Å². The summed E-state index contributed by atoms with van der Waals surface area (Å²) in [6, 6.07) is 28.5. The molecule has 4 heteroatoms. The fraction of sp³-hybridized carbons (Fsp3) is 0.200. The van der Waals surface area contributed by atoms with Crippen molar-refractivity contribution in [3.05, 3.63) is 108 Å². The van der Waals surface area contributed by atoms with E-state index in [1.54, 1.807) is 0 Å². The number of hydrogen-bond acceptors (Lipinski definition) is 3. The highest BCUT2D eigenvalue weighted by Crippen LogP contribution is 2.26. The highest BCUT2D eigenvalue weighted by atomic mass is 16.2. The van der Waals surface area contributed by atoms with Crippen LogP contribution >= 0.6 is 0 Å². The first-order valence-electron chi connectivity index (χ1n) is 11.9. The second-order valence-electron chi connectivity index (χ2n) is 8.85. The molecule has 1 aliphatic rings. The molecule has 170 valence electrons. The summed E-state index contributed by atoms with van der Waals surface area (Å²) >= 11 is 0. The van der Waals surface area contributed by atoms with E-state index in [0.29, 0.717) is 0 Å². The maximum atomic E-state index is 13.6. The number of para-hydroxylation sites is 1.